The lowest BCUT2D eigenvalue weighted by Gasteiger charge is -2.15. The first-order valence-electron chi connectivity index (χ1n) is 12.5. The van der Waals surface area contributed by atoms with E-state index >= 15 is 0 Å². The van der Waals surface area contributed by atoms with Gasteiger partial charge in [0.25, 0.3) is 0 Å². The average molecular weight is 485 g/mol. The number of hydrogen-bond acceptors (Lipinski definition) is 8. The van der Waals surface area contributed by atoms with Crippen LogP contribution < -0.4 is 10.6 Å². The van der Waals surface area contributed by atoms with E-state index in [9.17, 15) is 0 Å². The summed E-state index contributed by atoms with van der Waals surface area (Å²) in [6.45, 7) is 3.55. The van der Waals surface area contributed by atoms with Crippen molar-refractivity contribution in [3.8, 4) is 22.5 Å². The van der Waals surface area contributed by atoms with Gasteiger partial charge in [0.15, 0.2) is 17.0 Å². The summed E-state index contributed by atoms with van der Waals surface area (Å²) in [4.78, 5) is 24.1. The summed E-state index contributed by atoms with van der Waals surface area (Å²) in [7, 11) is 8.32. The van der Waals surface area contributed by atoms with Crippen LogP contribution >= 0.6 is 0 Å². The van der Waals surface area contributed by atoms with E-state index in [1.807, 2.05) is 36.4 Å². The molecule has 2 N–H and O–H groups in total. The van der Waals surface area contributed by atoms with Crippen molar-refractivity contribution >= 4 is 22.9 Å². The van der Waals surface area contributed by atoms with E-state index in [1.54, 1.807) is 0 Å². The first-order valence-corrected chi connectivity index (χ1v) is 12.5. The highest BCUT2D eigenvalue weighted by atomic mass is 15.2. The van der Waals surface area contributed by atoms with Crippen molar-refractivity contribution < 1.29 is 0 Å². The Morgan fingerprint density at radius 1 is 0.611 bits per heavy atom. The van der Waals surface area contributed by atoms with Crippen molar-refractivity contribution in [2.24, 2.45) is 0 Å². The maximum absolute atomic E-state index is 5.10. The van der Waals surface area contributed by atoms with Crippen LogP contribution in [0.25, 0.3) is 33.7 Å². The third-order valence-corrected chi connectivity index (χ3v) is 5.77. The molecule has 2 heterocycles. The van der Waals surface area contributed by atoms with Gasteiger partial charge >= 0.3 is 0 Å². The van der Waals surface area contributed by atoms with Gasteiger partial charge in [-0.15, -0.1) is 0 Å². The Morgan fingerprint density at radius 3 is 1.69 bits per heavy atom. The predicted octanol–water partition coefficient (Wildman–Crippen LogP) is 4.48. The molecule has 0 aliphatic rings. The molecule has 0 fully saturated rings. The summed E-state index contributed by atoms with van der Waals surface area (Å²) in [5, 5.41) is 6.88. The minimum Gasteiger partial charge on any atom is -0.368 e. The van der Waals surface area contributed by atoms with Crippen LogP contribution in [0.5, 0.6) is 0 Å². The number of anilines is 2. The molecular weight excluding hydrogens is 448 g/mol. The van der Waals surface area contributed by atoms with E-state index in [1.165, 1.54) is 0 Å². The molecule has 0 aliphatic heterocycles. The summed E-state index contributed by atoms with van der Waals surface area (Å²) >= 11 is 0. The van der Waals surface area contributed by atoms with Gasteiger partial charge in [-0.2, -0.15) is 9.97 Å². The van der Waals surface area contributed by atoms with Crippen molar-refractivity contribution in [1.82, 2.24) is 29.7 Å². The van der Waals surface area contributed by atoms with Crippen LogP contribution in [0.1, 0.15) is 12.8 Å². The fraction of sp³-hybridized carbons (Fsp3) is 0.357. The fourth-order valence-corrected chi connectivity index (χ4v) is 3.94. The quantitative estimate of drug-likeness (QED) is 0.285. The molecule has 0 saturated carbocycles. The summed E-state index contributed by atoms with van der Waals surface area (Å²) in [6, 6.07) is 20.3. The monoisotopic (exact) mass is 484 g/mol. The van der Waals surface area contributed by atoms with Crippen LogP contribution in [-0.4, -0.2) is 84.1 Å². The third kappa shape index (κ3) is 6.74. The Kier molecular flexibility index (Phi) is 8.76. The minimum atomic E-state index is 0.567. The molecule has 8 nitrogen and oxygen atoms in total. The first kappa shape index (κ1) is 25.5. The van der Waals surface area contributed by atoms with Crippen LogP contribution in [-0.2, 0) is 0 Å². The van der Waals surface area contributed by atoms with Gasteiger partial charge in [-0.25, -0.2) is 9.97 Å². The number of benzene rings is 2. The summed E-state index contributed by atoms with van der Waals surface area (Å²) < 4.78 is 0. The predicted molar refractivity (Wildman–Crippen MR) is 149 cm³/mol. The summed E-state index contributed by atoms with van der Waals surface area (Å²) in [6.07, 6.45) is 1.99. The summed E-state index contributed by atoms with van der Waals surface area (Å²) in [5.74, 6) is 1.27. The smallest absolute Gasteiger partial charge is 0.226 e. The standard InChI is InChI=1S/C28H36N8/c1-35(2)19-11-17-29-26-25-27(34-28(33-26)30-18-12-20-36(3)4)32-24(22-15-9-6-10-16-22)23(31-25)21-13-7-5-8-14-21/h5-10,13-16H,11-12,17-20H2,1-4H3,(H2,29,30,32,33,34). The van der Waals surface area contributed by atoms with Gasteiger partial charge in [-0.05, 0) is 54.1 Å². The molecule has 36 heavy (non-hydrogen) atoms. The number of nitrogens with zero attached hydrogens (tertiary/aromatic N) is 6. The van der Waals surface area contributed by atoms with E-state index in [0.29, 0.717) is 22.9 Å². The molecule has 4 rings (SSSR count). The zero-order valence-corrected chi connectivity index (χ0v) is 21.7. The number of rotatable bonds is 12. The molecular formula is C28H36N8. The van der Waals surface area contributed by atoms with E-state index in [2.05, 4.69) is 72.9 Å². The number of fused-ring (bicyclic) bond motifs is 1. The highest BCUT2D eigenvalue weighted by molar-refractivity contribution is 5.90. The van der Waals surface area contributed by atoms with Gasteiger partial charge in [0.2, 0.25) is 5.95 Å². The Bertz CT molecular complexity index is 1240. The van der Waals surface area contributed by atoms with E-state index in [4.69, 9.17) is 19.9 Å². The van der Waals surface area contributed by atoms with E-state index in [-0.39, 0.29) is 0 Å². The largest absolute Gasteiger partial charge is 0.368 e. The number of aromatic nitrogens is 4. The Labute approximate surface area is 213 Å². The van der Waals surface area contributed by atoms with Gasteiger partial charge in [-0.1, -0.05) is 60.7 Å². The topological polar surface area (TPSA) is 82.1 Å². The van der Waals surface area contributed by atoms with E-state index < -0.39 is 0 Å². The first-order chi connectivity index (χ1) is 17.5. The van der Waals surface area contributed by atoms with E-state index in [0.717, 1.165) is 61.5 Å². The second-order valence-corrected chi connectivity index (χ2v) is 9.39. The van der Waals surface area contributed by atoms with Crippen molar-refractivity contribution in [3.63, 3.8) is 0 Å². The molecule has 0 unspecified atom stereocenters. The SMILES string of the molecule is CN(C)CCCNc1nc(NCCCN(C)C)c2nc(-c3ccccc3)c(-c3ccccc3)nc2n1. The second kappa shape index (κ2) is 12.4. The zero-order valence-electron chi connectivity index (χ0n) is 21.7. The number of hydrogen-bond donors (Lipinski definition) is 2. The molecule has 0 spiro atoms. The average Bonchev–Trinajstić information content (AvgIpc) is 2.89. The molecule has 0 amide bonds. The van der Waals surface area contributed by atoms with Crippen LogP contribution in [0.15, 0.2) is 60.7 Å². The van der Waals surface area contributed by atoms with Crippen molar-refractivity contribution in [1.29, 1.82) is 0 Å². The normalized spacial score (nSPS) is 11.4. The minimum absolute atomic E-state index is 0.567. The molecule has 2 aromatic heterocycles. The number of nitrogens with one attached hydrogen (secondary N) is 2. The van der Waals surface area contributed by atoms with Crippen molar-refractivity contribution in [2.45, 2.75) is 12.8 Å². The maximum atomic E-state index is 5.10. The van der Waals surface area contributed by atoms with Gasteiger partial charge in [0.1, 0.15) is 0 Å². The van der Waals surface area contributed by atoms with Gasteiger partial charge in [0.05, 0.1) is 11.4 Å². The van der Waals surface area contributed by atoms with Crippen LogP contribution in [0, 0.1) is 0 Å². The van der Waals surface area contributed by atoms with Gasteiger partial charge in [0, 0.05) is 24.2 Å². The molecule has 0 radical (unpaired) electrons. The van der Waals surface area contributed by atoms with Gasteiger partial charge < -0.3 is 20.4 Å². The van der Waals surface area contributed by atoms with Crippen molar-refractivity contribution in [3.05, 3.63) is 60.7 Å². The highest BCUT2D eigenvalue weighted by Gasteiger charge is 2.18. The van der Waals surface area contributed by atoms with Gasteiger partial charge in [-0.3, -0.25) is 0 Å². The molecule has 0 bridgehead atoms. The molecule has 8 heteroatoms. The van der Waals surface area contributed by atoms with Crippen LogP contribution in [0.3, 0.4) is 0 Å². The Morgan fingerprint density at radius 2 is 1.14 bits per heavy atom. The molecule has 4 aromatic rings. The molecule has 2 aromatic carbocycles. The lowest BCUT2D eigenvalue weighted by Crippen LogP contribution is -2.18. The Balaban J connectivity index is 1.77. The highest BCUT2D eigenvalue weighted by Crippen LogP contribution is 2.32. The third-order valence-electron chi connectivity index (χ3n) is 5.77. The maximum Gasteiger partial charge on any atom is 0.226 e. The molecule has 0 atom stereocenters. The fourth-order valence-electron chi connectivity index (χ4n) is 3.94. The lowest BCUT2D eigenvalue weighted by atomic mass is 10.0. The Hall–Kier alpha value is -3.62. The molecule has 0 aliphatic carbocycles. The zero-order chi connectivity index (χ0) is 25.3. The van der Waals surface area contributed by atoms with Crippen LogP contribution in [0.4, 0.5) is 11.8 Å². The molecule has 0 saturated heterocycles. The van der Waals surface area contributed by atoms with Crippen molar-refractivity contribution in [2.75, 3.05) is 65.0 Å². The van der Waals surface area contributed by atoms with Crippen LogP contribution in [0.2, 0.25) is 0 Å². The lowest BCUT2D eigenvalue weighted by molar-refractivity contribution is 0.405. The molecule has 188 valence electrons. The second-order valence-electron chi connectivity index (χ2n) is 9.39. The summed E-state index contributed by atoms with van der Waals surface area (Å²) in [5.41, 5.74) is 4.90.